The number of hydrogen-bond donors (Lipinski definition) is 0. The van der Waals surface area contributed by atoms with Gasteiger partial charge < -0.3 is 9.64 Å². The van der Waals surface area contributed by atoms with E-state index in [1.54, 1.807) is 0 Å². The van der Waals surface area contributed by atoms with Crippen LogP contribution in [0.15, 0.2) is 30.3 Å². The van der Waals surface area contributed by atoms with Crippen LogP contribution < -0.4 is 4.74 Å². The van der Waals surface area contributed by atoms with Gasteiger partial charge in [0.05, 0.1) is 0 Å². The third-order valence-corrected chi connectivity index (χ3v) is 3.63. The van der Waals surface area contributed by atoms with E-state index in [2.05, 4.69) is 0 Å². The zero-order valence-electron chi connectivity index (χ0n) is 11.1. The normalized spacial score (nSPS) is 16.4. The Balaban J connectivity index is 1.75. The average Bonchev–Trinajstić information content (AvgIpc) is 2.46. The number of ether oxygens (including phenoxy) is 1. The lowest BCUT2D eigenvalue weighted by atomic mass is 10.1. The Morgan fingerprint density at radius 1 is 1.26 bits per heavy atom. The lowest BCUT2D eigenvalue weighted by molar-refractivity contribution is -0.133. The van der Waals surface area contributed by atoms with Crippen LogP contribution in [0.1, 0.15) is 25.7 Å². The van der Waals surface area contributed by atoms with E-state index in [0.717, 1.165) is 38.1 Å². The molecule has 0 unspecified atom stereocenters. The molecule has 1 aromatic carbocycles. The van der Waals surface area contributed by atoms with Crippen molar-refractivity contribution in [2.24, 2.45) is 0 Å². The molecule has 1 heterocycles. The van der Waals surface area contributed by atoms with E-state index >= 15 is 0 Å². The number of benzene rings is 1. The fourth-order valence-corrected chi connectivity index (χ4v) is 2.42. The minimum absolute atomic E-state index is 0.221. The van der Waals surface area contributed by atoms with Crippen molar-refractivity contribution in [2.45, 2.75) is 31.8 Å². The second-order valence-electron chi connectivity index (χ2n) is 4.80. The van der Waals surface area contributed by atoms with E-state index in [1.807, 2.05) is 35.2 Å². The summed E-state index contributed by atoms with van der Waals surface area (Å²) in [4.78, 5) is 13.8. The molecule has 1 amide bonds. The number of amides is 1. The molecule has 1 aliphatic rings. The van der Waals surface area contributed by atoms with Gasteiger partial charge in [-0.3, -0.25) is 4.79 Å². The highest BCUT2D eigenvalue weighted by Gasteiger charge is 2.23. The van der Waals surface area contributed by atoms with Crippen molar-refractivity contribution in [1.29, 1.82) is 0 Å². The molecule has 0 N–H and O–H groups in total. The van der Waals surface area contributed by atoms with Crippen LogP contribution in [0.5, 0.6) is 5.75 Å². The van der Waals surface area contributed by atoms with Gasteiger partial charge in [-0.1, -0.05) is 18.2 Å². The maximum Gasteiger partial charge on any atom is 0.222 e. The maximum absolute atomic E-state index is 11.8. The molecular formula is C15H20ClNO2. The van der Waals surface area contributed by atoms with Crippen molar-refractivity contribution in [1.82, 2.24) is 4.90 Å². The molecule has 1 aromatic rings. The van der Waals surface area contributed by atoms with Gasteiger partial charge in [-0.05, 0) is 18.6 Å². The number of rotatable bonds is 5. The Hall–Kier alpha value is -1.22. The summed E-state index contributed by atoms with van der Waals surface area (Å²) in [5, 5.41) is 0. The van der Waals surface area contributed by atoms with Gasteiger partial charge in [0.2, 0.25) is 5.91 Å². The summed E-state index contributed by atoms with van der Waals surface area (Å²) in [6.07, 6.45) is 3.36. The summed E-state index contributed by atoms with van der Waals surface area (Å²) in [6.45, 7) is 1.58. The number of halogens is 1. The van der Waals surface area contributed by atoms with Gasteiger partial charge in [-0.15, -0.1) is 11.6 Å². The van der Waals surface area contributed by atoms with Gasteiger partial charge in [0.25, 0.3) is 0 Å². The predicted octanol–water partition coefficient (Wildman–Crippen LogP) is 3.08. The summed E-state index contributed by atoms with van der Waals surface area (Å²) in [5.74, 6) is 1.69. The minimum atomic E-state index is 0.221. The van der Waals surface area contributed by atoms with Crippen LogP contribution in [0.3, 0.4) is 0 Å². The Bertz CT molecular complexity index is 388. The Morgan fingerprint density at radius 2 is 1.95 bits per heavy atom. The van der Waals surface area contributed by atoms with Gasteiger partial charge in [0.15, 0.2) is 0 Å². The third-order valence-electron chi connectivity index (χ3n) is 3.36. The lowest BCUT2D eigenvalue weighted by Gasteiger charge is -2.32. The van der Waals surface area contributed by atoms with Gasteiger partial charge in [0.1, 0.15) is 11.9 Å². The molecule has 0 radical (unpaired) electrons. The highest BCUT2D eigenvalue weighted by Crippen LogP contribution is 2.19. The van der Waals surface area contributed by atoms with Crippen LogP contribution in [0.25, 0.3) is 0 Å². The number of piperidine rings is 1. The molecule has 0 spiro atoms. The molecule has 104 valence electrons. The molecule has 4 heteroatoms. The summed E-state index contributed by atoms with van der Waals surface area (Å²) in [7, 11) is 0. The Kier molecular flexibility index (Phi) is 5.52. The van der Waals surface area contributed by atoms with Crippen LogP contribution in [0.2, 0.25) is 0 Å². The first-order valence-corrected chi connectivity index (χ1v) is 7.38. The van der Waals surface area contributed by atoms with Crippen LogP contribution in [0, 0.1) is 0 Å². The fraction of sp³-hybridized carbons (Fsp3) is 0.533. The van der Waals surface area contributed by atoms with Crippen molar-refractivity contribution >= 4 is 17.5 Å². The van der Waals surface area contributed by atoms with Crippen LogP contribution in [-0.2, 0) is 4.79 Å². The van der Waals surface area contributed by atoms with E-state index in [0.29, 0.717) is 12.3 Å². The largest absolute Gasteiger partial charge is 0.490 e. The van der Waals surface area contributed by atoms with E-state index in [1.165, 1.54) is 0 Å². The summed E-state index contributed by atoms with van der Waals surface area (Å²) in [5.41, 5.74) is 0. The second-order valence-corrected chi connectivity index (χ2v) is 5.18. The Labute approximate surface area is 119 Å². The molecule has 1 fully saturated rings. The number of nitrogens with zero attached hydrogens (tertiary/aromatic N) is 1. The highest BCUT2D eigenvalue weighted by molar-refractivity contribution is 6.17. The van der Waals surface area contributed by atoms with Crippen LogP contribution >= 0.6 is 11.6 Å². The summed E-state index contributed by atoms with van der Waals surface area (Å²) in [6, 6.07) is 9.86. The quantitative estimate of drug-likeness (QED) is 0.776. The first-order valence-electron chi connectivity index (χ1n) is 6.85. The predicted molar refractivity (Wildman–Crippen MR) is 76.6 cm³/mol. The van der Waals surface area contributed by atoms with E-state index in [-0.39, 0.29) is 12.0 Å². The lowest BCUT2D eigenvalue weighted by Crippen LogP contribution is -2.41. The molecular weight excluding hydrogens is 262 g/mol. The molecule has 0 atom stereocenters. The molecule has 0 saturated carbocycles. The Morgan fingerprint density at radius 3 is 2.58 bits per heavy atom. The zero-order valence-corrected chi connectivity index (χ0v) is 11.8. The van der Waals surface area contributed by atoms with Gasteiger partial charge >= 0.3 is 0 Å². The number of carbonyl (C=O) groups excluding carboxylic acids is 1. The number of alkyl halides is 1. The standard InChI is InChI=1S/C15H20ClNO2/c16-10-4-7-15(18)17-11-8-14(9-12-17)19-13-5-2-1-3-6-13/h1-3,5-6,14H,4,7-12H2. The first-order chi connectivity index (χ1) is 9.29. The molecule has 0 aromatic heterocycles. The first kappa shape index (κ1) is 14.2. The van der Waals surface area contributed by atoms with Crippen molar-refractivity contribution in [3.8, 4) is 5.75 Å². The van der Waals surface area contributed by atoms with Crippen LogP contribution in [0.4, 0.5) is 0 Å². The monoisotopic (exact) mass is 281 g/mol. The molecule has 3 nitrogen and oxygen atoms in total. The zero-order chi connectivity index (χ0) is 13.5. The molecule has 2 rings (SSSR count). The highest BCUT2D eigenvalue weighted by atomic mass is 35.5. The average molecular weight is 282 g/mol. The smallest absolute Gasteiger partial charge is 0.222 e. The van der Waals surface area contributed by atoms with Crippen molar-refractivity contribution in [3.05, 3.63) is 30.3 Å². The fourth-order valence-electron chi connectivity index (χ4n) is 2.29. The van der Waals surface area contributed by atoms with Gasteiger partial charge in [0, 0.05) is 38.2 Å². The number of carbonyl (C=O) groups is 1. The maximum atomic E-state index is 11.8. The number of para-hydroxylation sites is 1. The molecule has 19 heavy (non-hydrogen) atoms. The molecule has 0 aliphatic carbocycles. The summed E-state index contributed by atoms with van der Waals surface area (Å²) >= 11 is 5.61. The van der Waals surface area contributed by atoms with Crippen molar-refractivity contribution in [2.75, 3.05) is 19.0 Å². The number of likely N-dealkylation sites (tertiary alicyclic amines) is 1. The number of hydrogen-bond acceptors (Lipinski definition) is 2. The molecule has 1 saturated heterocycles. The van der Waals surface area contributed by atoms with Crippen molar-refractivity contribution < 1.29 is 9.53 Å². The second kappa shape index (κ2) is 7.39. The summed E-state index contributed by atoms with van der Waals surface area (Å²) < 4.78 is 5.91. The van der Waals surface area contributed by atoms with Gasteiger partial charge in [-0.25, -0.2) is 0 Å². The van der Waals surface area contributed by atoms with E-state index < -0.39 is 0 Å². The third kappa shape index (κ3) is 4.43. The van der Waals surface area contributed by atoms with E-state index in [4.69, 9.17) is 16.3 Å². The minimum Gasteiger partial charge on any atom is -0.490 e. The SMILES string of the molecule is O=C(CCCCl)N1CCC(Oc2ccccc2)CC1. The van der Waals surface area contributed by atoms with Gasteiger partial charge in [-0.2, -0.15) is 0 Å². The van der Waals surface area contributed by atoms with Crippen LogP contribution in [-0.4, -0.2) is 35.9 Å². The topological polar surface area (TPSA) is 29.5 Å². The molecule has 0 bridgehead atoms. The van der Waals surface area contributed by atoms with Crippen molar-refractivity contribution in [3.63, 3.8) is 0 Å². The van der Waals surface area contributed by atoms with E-state index in [9.17, 15) is 4.79 Å². The molecule has 1 aliphatic heterocycles.